The van der Waals surface area contributed by atoms with Crippen LogP contribution in [0.4, 0.5) is 0 Å². The summed E-state index contributed by atoms with van der Waals surface area (Å²) in [4.78, 5) is 12.4. The number of hydrogen-bond donors (Lipinski definition) is 0. The van der Waals surface area contributed by atoms with E-state index >= 15 is 0 Å². The van der Waals surface area contributed by atoms with E-state index < -0.39 is 18.4 Å². The van der Waals surface area contributed by atoms with Gasteiger partial charge in [0.1, 0.15) is 0 Å². The van der Waals surface area contributed by atoms with Crippen LogP contribution in [0.3, 0.4) is 0 Å². The van der Waals surface area contributed by atoms with Crippen molar-refractivity contribution in [2.75, 3.05) is 6.61 Å². The Morgan fingerprint density at radius 3 is 2.27 bits per heavy atom. The van der Waals surface area contributed by atoms with E-state index in [-0.39, 0.29) is 5.97 Å². The van der Waals surface area contributed by atoms with Gasteiger partial charge in [-0.2, -0.15) is 0 Å². The molecule has 0 unspecified atom stereocenters. The summed E-state index contributed by atoms with van der Waals surface area (Å²) in [6, 6.07) is 8.60. The maximum atomic E-state index is 12.4. The number of imidazole rings is 1. The van der Waals surface area contributed by atoms with Gasteiger partial charge in [0.2, 0.25) is 0 Å². The molecular weight excluding hydrogens is 515 g/mol. The number of aromatic nitrogens is 2. The molecule has 0 radical (unpaired) electrons. The molecule has 2 aromatic rings. The zero-order valence-corrected chi connectivity index (χ0v) is 24.5. The molecule has 0 aliphatic rings. The van der Waals surface area contributed by atoms with Crippen LogP contribution in [0.25, 0.3) is 0 Å². The first-order valence-corrected chi connectivity index (χ1v) is 20.9. The molecule has 0 amide bonds. The molecule has 2 rings (SSSR count). The summed E-state index contributed by atoms with van der Waals surface area (Å²) in [5, 5.41) is 0. The third-order valence-corrected chi connectivity index (χ3v) is 22.5. The zero-order valence-electron chi connectivity index (χ0n) is 21.7. The van der Waals surface area contributed by atoms with Gasteiger partial charge in [-0.3, -0.25) is 0 Å². The van der Waals surface area contributed by atoms with E-state index in [4.69, 9.17) is 4.74 Å². The molecule has 0 aliphatic carbocycles. The average molecular weight is 562 g/mol. The molecule has 33 heavy (non-hydrogen) atoms. The molecule has 0 fully saturated rings. The van der Waals surface area contributed by atoms with Crippen molar-refractivity contribution >= 4 is 27.9 Å². The van der Waals surface area contributed by atoms with Gasteiger partial charge in [-0.05, 0) is 0 Å². The maximum absolute atomic E-state index is 12.4. The Kier molecular flexibility index (Phi) is 13.2. The molecule has 4 nitrogen and oxygen atoms in total. The van der Waals surface area contributed by atoms with Crippen molar-refractivity contribution in [1.82, 2.24) is 4.57 Å². The van der Waals surface area contributed by atoms with Crippen molar-refractivity contribution in [2.45, 2.75) is 105 Å². The average Bonchev–Trinajstić information content (AvgIpc) is 3.31. The minimum atomic E-state index is -2.59. The summed E-state index contributed by atoms with van der Waals surface area (Å²) in [6.07, 6.45) is 17.0. The van der Waals surface area contributed by atoms with Crippen molar-refractivity contribution in [3.05, 3.63) is 48.5 Å². The number of rotatable bonds is 17. The van der Waals surface area contributed by atoms with E-state index in [1.165, 1.54) is 64.7 Å². The number of unbranched alkanes of at least 4 members (excludes halogenated alkanes) is 5. The van der Waals surface area contributed by atoms with Gasteiger partial charge in [0, 0.05) is 0 Å². The van der Waals surface area contributed by atoms with Crippen molar-refractivity contribution < 1.29 is 14.1 Å². The van der Waals surface area contributed by atoms with E-state index in [0.717, 1.165) is 18.7 Å². The SMILES string of the molecule is CCC[CH2][Sn]([CH2]CCC)([CH2]CCCCC[n+]1ccn(CC)c1)[c]1cccc(C(=O)OCC)c1. The summed E-state index contributed by atoms with van der Waals surface area (Å²) >= 11 is -2.59. The molecule has 0 atom stereocenters. The van der Waals surface area contributed by atoms with E-state index in [1.807, 2.05) is 13.0 Å². The van der Waals surface area contributed by atoms with E-state index in [0.29, 0.717) is 6.61 Å². The molecule has 5 heteroatoms. The third-order valence-electron chi connectivity index (χ3n) is 6.94. The van der Waals surface area contributed by atoms with E-state index in [2.05, 4.69) is 66.8 Å². The van der Waals surface area contributed by atoms with Crippen molar-refractivity contribution in [3.63, 3.8) is 0 Å². The Morgan fingerprint density at radius 2 is 1.64 bits per heavy atom. The number of esters is 1. The number of benzene rings is 1. The van der Waals surface area contributed by atoms with Gasteiger partial charge in [-0.1, -0.05) is 0 Å². The first-order chi connectivity index (χ1) is 16.1. The minimum absolute atomic E-state index is 0.167. The second kappa shape index (κ2) is 15.6. The molecule has 0 bridgehead atoms. The van der Waals surface area contributed by atoms with Crippen LogP contribution in [-0.2, 0) is 17.8 Å². The van der Waals surface area contributed by atoms with Gasteiger partial charge < -0.3 is 0 Å². The number of carbonyl (C=O) groups is 1. The van der Waals surface area contributed by atoms with Crippen molar-refractivity contribution in [3.8, 4) is 0 Å². The summed E-state index contributed by atoms with van der Waals surface area (Å²) in [7, 11) is 0. The molecule has 0 saturated heterocycles. The Labute approximate surface area is 206 Å². The fourth-order valence-corrected chi connectivity index (χ4v) is 20.6. The standard InChI is InChI=1S/C11H20N2.C9H9O2.2C4H9.Sn/c1-3-5-6-7-8-13-10-9-12(4-2)11-13;1-2-11-9(10)8-6-4-3-5-7-8;2*1-3-4-2;/h9-11H,1,3-8H2,2H3;3-4,6-7H,2H2,1H3;2*1,3-4H2,2H3;/q+1;;;;. The second-order valence-corrected chi connectivity index (χ2v) is 22.7. The monoisotopic (exact) mass is 563 g/mol. The summed E-state index contributed by atoms with van der Waals surface area (Å²) in [6.45, 7) is 11.3. The van der Waals surface area contributed by atoms with E-state index in [1.54, 1.807) is 3.58 Å². The van der Waals surface area contributed by atoms with Crippen LogP contribution >= 0.6 is 0 Å². The number of aryl methyl sites for hydroxylation is 2. The van der Waals surface area contributed by atoms with Crippen LogP contribution in [0.1, 0.15) is 89.4 Å². The van der Waals surface area contributed by atoms with Crippen molar-refractivity contribution in [2.24, 2.45) is 0 Å². The van der Waals surface area contributed by atoms with Crippen LogP contribution in [0.2, 0.25) is 13.3 Å². The Hall–Kier alpha value is -1.30. The predicted molar refractivity (Wildman–Crippen MR) is 141 cm³/mol. The third kappa shape index (κ3) is 9.10. The molecular formula is C28H47N2O2Sn+. The Bertz CT molecular complexity index is 810. The predicted octanol–water partition coefficient (Wildman–Crippen LogP) is 6.49. The Balaban J connectivity index is 2.04. The molecule has 0 saturated carbocycles. The molecule has 0 spiro atoms. The van der Waals surface area contributed by atoms with Crippen LogP contribution in [0.5, 0.6) is 0 Å². The fourth-order valence-electron chi connectivity index (χ4n) is 4.90. The topological polar surface area (TPSA) is 35.1 Å². The first kappa shape index (κ1) is 27.9. The van der Waals surface area contributed by atoms with Crippen molar-refractivity contribution in [1.29, 1.82) is 0 Å². The second-order valence-electron chi connectivity index (χ2n) is 9.43. The number of ether oxygens (including phenoxy) is 1. The van der Waals surface area contributed by atoms with Gasteiger partial charge >= 0.3 is 207 Å². The molecule has 1 heterocycles. The number of carbonyl (C=O) groups excluding carboxylic acids is 1. The normalized spacial score (nSPS) is 11.6. The van der Waals surface area contributed by atoms with Crippen LogP contribution in [-0.4, -0.2) is 35.5 Å². The number of nitrogens with zero attached hydrogens (tertiary/aromatic N) is 2. The summed E-state index contributed by atoms with van der Waals surface area (Å²) in [5.41, 5.74) is 0.750. The summed E-state index contributed by atoms with van der Waals surface area (Å²) < 4.78 is 15.7. The Morgan fingerprint density at radius 1 is 0.939 bits per heavy atom. The van der Waals surface area contributed by atoms with Gasteiger partial charge in [-0.25, -0.2) is 0 Å². The van der Waals surface area contributed by atoms with Gasteiger partial charge in [-0.15, -0.1) is 0 Å². The van der Waals surface area contributed by atoms with Crippen LogP contribution in [0, 0.1) is 0 Å². The van der Waals surface area contributed by atoms with Gasteiger partial charge in [0.25, 0.3) is 0 Å². The molecule has 184 valence electrons. The summed E-state index contributed by atoms with van der Waals surface area (Å²) in [5.74, 6) is -0.167. The molecule has 0 aliphatic heterocycles. The quantitative estimate of drug-likeness (QED) is 0.0957. The van der Waals surface area contributed by atoms with Crippen LogP contribution in [0.15, 0.2) is 43.0 Å². The van der Waals surface area contributed by atoms with E-state index in [9.17, 15) is 4.79 Å². The zero-order chi connectivity index (χ0) is 23.9. The molecule has 0 N–H and O–H groups in total. The molecule has 1 aromatic heterocycles. The van der Waals surface area contributed by atoms with Gasteiger partial charge in [0.05, 0.1) is 0 Å². The molecule has 1 aromatic carbocycles. The fraction of sp³-hybridized carbons (Fsp3) is 0.643. The van der Waals surface area contributed by atoms with Crippen LogP contribution < -0.4 is 8.15 Å². The first-order valence-electron chi connectivity index (χ1n) is 13.4. The van der Waals surface area contributed by atoms with Gasteiger partial charge in [0.15, 0.2) is 0 Å². The number of hydrogen-bond acceptors (Lipinski definition) is 2.